The van der Waals surface area contributed by atoms with E-state index >= 15 is 0 Å². The van der Waals surface area contributed by atoms with Crippen molar-refractivity contribution in [3.8, 4) is 0 Å². The van der Waals surface area contributed by atoms with Crippen LogP contribution in [-0.2, 0) is 10.0 Å². The molecule has 5 heteroatoms. The molecule has 14 heavy (non-hydrogen) atoms. The van der Waals surface area contributed by atoms with Crippen molar-refractivity contribution in [2.75, 3.05) is 12.8 Å². The van der Waals surface area contributed by atoms with Crippen molar-refractivity contribution in [3.63, 3.8) is 0 Å². The molecule has 0 bridgehead atoms. The van der Waals surface area contributed by atoms with Crippen LogP contribution in [-0.4, -0.2) is 30.2 Å². The molecule has 0 aromatic rings. The van der Waals surface area contributed by atoms with Crippen molar-refractivity contribution in [2.24, 2.45) is 0 Å². The second kappa shape index (κ2) is 5.37. The molecule has 0 radical (unpaired) electrons. The maximum Gasteiger partial charge on any atom is 0.226 e. The van der Waals surface area contributed by atoms with Crippen LogP contribution in [0.15, 0.2) is 0 Å². The summed E-state index contributed by atoms with van der Waals surface area (Å²) in [6.45, 7) is 2.83. The summed E-state index contributed by atoms with van der Waals surface area (Å²) in [5.74, 6) is 0. The van der Waals surface area contributed by atoms with Gasteiger partial charge in [0.1, 0.15) is 0 Å². The summed E-state index contributed by atoms with van der Waals surface area (Å²) in [7, 11) is -2.96. The molecule has 1 fully saturated rings. The molecular formula is C9H19NO2S2. The molecule has 1 heterocycles. The summed E-state index contributed by atoms with van der Waals surface area (Å²) >= 11 is 1.33. The summed E-state index contributed by atoms with van der Waals surface area (Å²) in [6, 6.07) is 0. The molecule has 1 atom stereocenters. The smallest absolute Gasteiger partial charge is 0.211 e. The lowest BCUT2D eigenvalue weighted by Gasteiger charge is -2.13. The molecule has 1 unspecified atom stereocenters. The van der Waals surface area contributed by atoms with Gasteiger partial charge in [0.05, 0.1) is 5.25 Å². The van der Waals surface area contributed by atoms with Gasteiger partial charge in [-0.05, 0) is 19.1 Å². The van der Waals surface area contributed by atoms with Crippen molar-refractivity contribution in [1.29, 1.82) is 0 Å². The zero-order valence-electron chi connectivity index (χ0n) is 8.90. The monoisotopic (exact) mass is 237 g/mol. The number of rotatable bonds is 5. The summed E-state index contributed by atoms with van der Waals surface area (Å²) in [5.41, 5.74) is 0. The third-order valence-electron chi connectivity index (χ3n) is 2.67. The zero-order chi connectivity index (χ0) is 10.6. The van der Waals surface area contributed by atoms with Gasteiger partial charge in [-0.3, -0.25) is 0 Å². The Labute approximate surface area is 91.4 Å². The lowest BCUT2D eigenvalue weighted by molar-refractivity contribution is 0.556. The largest absolute Gasteiger partial charge is 0.226 e. The molecule has 84 valence electrons. The third-order valence-corrected chi connectivity index (χ3v) is 6.40. The minimum Gasteiger partial charge on any atom is -0.211 e. The number of nitrogens with zero attached hydrogens (tertiary/aromatic N) is 1. The van der Waals surface area contributed by atoms with Crippen LogP contribution in [0.5, 0.6) is 0 Å². The molecule has 0 aromatic heterocycles. The SMILES string of the molecule is CCCCCC1CCN(SC)S1(=O)=O. The van der Waals surface area contributed by atoms with Crippen molar-refractivity contribution >= 4 is 22.0 Å². The molecule has 1 aliphatic rings. The predicted molar refractivity (Wildman–Crippen MR) is 61.7 cm³/mol. The number of sulfonamides is 1. The Balaban J connectivity index is 2.48. The lowest BCUT2D eigenvalue weighted by Crippen LogP contribution is -2.23. The highest BCUT2D eigenvalue weighted by Crippen LogP contribution is 2.30. The summed E-state index contributed by atoms with van der Waals surface area (Å²) < 4.78 is 25.2. The van der Waals surface area contributed by atoms with E-state index in [1.807, 2.05) is 6.26 Å². The number of hydrogen-bond acceptors (Lipinski definition) is 3. The average molecular weight is 237 g/mol. The van der Waals surface area contributed by atoms with E-state index in [9.17, 15) is 8.42 Å². The van der Waals surface area contributed by atoms with Gasteiger partial charge >= 0.3 is 0 Å². The zero-order valence-corrected chi connectivity index (χ0v) is 10.5. The van der Waals surface area contributed by atoms with E-state index in [1.165, 1.54) is 15.7 Å². The van der Waals surface area contributed by atoms with Crippen molar-refractivity contribution in [3.05, 3.63) is 0 Å². The molecule has 1 rings (SSSR count). The predicted octanol–water partition coefficient (Wildman–Crippen LogP) is 2.25. The van der Waals surface area contributed by atoms with Crippen molar-refractivity contribution in [2.45, 2.75) is 44.3 Å². The van der Waals surface area contributed by atoms with Crippen LogP contribution in [0.25, 0.3) is 0 Å². The molecular weight excluding hydrogens is 218 g/mol. The Morgan fingerprint density at radius 1 is 1.43 bits per heavy atom. The fraction of sp³-hybridized carbons (Fsp3) is 1.00. The second-order valence-corrected chi connectivity index (χ2v) is 6.83. The first-order chi connectivity index (χ1) is 6.62. The van der Waals surface area contributed by atoms with E-state index < -0.39 is 10.0 Å². The van der Waals surface area contributed by atoms with Crippen LogP contribution in [0.3, 0.4) is 0 Å². The number of unbranched alkanes of at least 4 members (excludes halogenated alkanes) is 2. The Morgan fingerprint density at radius 2 is 2.14 bits per heavy atom. The first kappa shape index (κ1) is 12.3. The minimum atomic E-state index is -2.96. The topological polar surface area (TPSA) is 37.4 Å². The van der Waals surface area contributed by atoms with E-state index in [0.717, 1.165) is 32.1 Å². The highest BCUT2D eigenvalue weighted by atomic mass is 32.3. The first-order valence-electron chi connectivity index (χ1n) is 5.18. The quantitative estimate of drug-likeness (QED) is 0.543. The molecule has 1 aliphatic heterocycles. The summed E-state index contributed by atoms with van der Waals surface area (Å²) in [5, 5.41) is -0.110. The molecule has 0 spiro atoms. The van der Waals surface area contributed by atoms with Crippen molar-refractivity contribution < 1.29 is 8.42 Å². The van der Waals surface area contributed by atoms with Gasteiger partial charge in [0.15, 0.2) is 0 Å². The van der Waals surface area contributed by atoms with Gasteiger partial charge in [0.2, 0.25) is 10.0 Å². The lowest BCUT2D eigenvalue weighted by atomic mass is 10.1. The van der Waals surface area contributed by atoms with Gasteiger partial charge in [0.25, 0.3) is 0 Å². The van der Waals surface area contributed by atoms with Gasteiger partial charge in [-0.25, -0.2) is 8.42 Å². The van der Waals surface area contributed by atoms with E-state index in [1.54, 1.807) is 0 Å². The molecule has 0 amide bonds. The Kier molecular flexibility index (Phi) is 4.73. The van der Waals surface area contributed by atoms with Crippen LogP contribution >= 0.6 is 11.9 Å². The van der Waals surface area contributed by atoms with Crippen LogP contribution in [0.1, 0.15) is 39.0 Å². The summed E-state index contributed by atoms with van der Waals surface area (Å²) in [4.78, 5) is 0. The highest BCUT2D eigenvalue weighted by molar-refractivity contribution is 8.08. The molecule has 0 saturated carbocycles. The van der Waals surface area contributed by atoms with Gasteiger partial charge in [-0.1, -0.05) is 38.1 Å². The van der Waals surface area contributed by atoms with E-state index in [2.05, 4.69) is 6.92 Å². The minimum absolute atomic E-state index is 0.110. The first-order valence-corrected chi connectivity index (χ1v) is 7.87. The van der Waals surface area contributed by atoms with Gasteiger partial charge in [-0.15, -0.1) is 3.71 Å². The normalized spacial score (nSPS) is 26.9. The van der Waals surface area contributed by atoms with Gasteiger partial charge < -0.3 is 0 Å². The molecule has 0 N–H and O–H groups in total. The van der Waals surface area contributed by atoms with E-state index in [0.29, 0.717) is 6.54 Å². The Hall–Kier alpha value is 0.260. The summed E-state index contributed by atoms with van der Waals surface area (Å²) in [6.07, 6.45) is 6.82. The Morgan fingerprint density at radius 3 is 2.64 bits per heavy atom. The highest BCUT2D eigenvalue weighted by Gasteiger charge is 2.37. The van der Waals surface area contributed by atoms with Crippen LogP contribution in [0.2, 0.25) is 0 Å². The molecule has 3 nitrogen and oxygen atoms in total. The number of hydrogen-bond donors (Lipinski definition) is 0. The maximum atomic E-state index is 11.8. The second-order valence-electron chi connectivity index (χ2n) is 3.66. The van der Waals surface area contributed by atoms with Crippen LogP contribution < -0.4 is 0 Å². The molecule has 0 aromatic carbocycles. The molecule has 1 saturated heterocycles. The third kappa shape index (κ3) is 2.64. The van der Waals surface area contributed by atoms with E-state index in [-0.39, 0.29) is 5.25 Å². The standard InChI is InChI=1S/C9H19NO2S2/c1-3-4-5-6-9-7-8-10(13-2)14(9,11)12/h9H,3-8H2,1-2H3. The fourth-order valence-electron chi connectivity index (χ4n) is 1.80. The fourth-order valence-corrected chi connectivity index (χ4v) is 4.85. The Bertz CT molecular complexity index is 264. The van der Waals surface area contributed by atoms with Gasteiger partial charge in [0, 0.05) is 6.54 Å². The van der Waals surface area contributed by atoms with E-state index in [4.69, 9.17) is 0 Å². The van der Waals surface area contributed by atoms with Gasteiger partial charge in [-0.2, -0.15) is 0 Å². The van der Waals surface area contributed by atoms with Crippen LogP contribution in [0, 0.1) is 0 Å². The maximum absolute atomic E-state index is 11.8. The average Bonchev–Trinajstić information content (AvgIpc) is 2.42. The van der Waals surface area contributed by atoms with Crippen LogP contribution in [0.4, 0.5) is 0 Å². The van der Waals surface area contributed by atoms with Crippen molar-refractivity contribution in [1.82, 2.24) is 3.71 Å². The molecule has 0 aliphatic carbocycles.